The smallest absolute Gasteiger partial charge is 0.504 e. The Hall–Kier alpha value is -3.03. The van der Waals surface area contributed by atoms with Gasteiger partial charge in [-0.3, -0.25) is 14.8 Å². The van der Waals surface area contributed by atoms with Gasteiger partial charge in [-0.2, -0.15) is 0 Å². The molecular weight excluding hydrogens is 419 g/mol. The minimum Gasteiger partial charge on any atom is -0.504 e. The fourth-order valence-corrected chi connectivity index (χ4v) is 2.06. The van der Waals surface area contributed by atoms with Gasteiger partial charge in [0, 0.05) is 30.5 Å². The van der Waals surface area contributed by atoms with Crippen molar-refractivity contribution in [3.8, 4) is 23.0 Å². The van der Waals surface area contributed by atoms with Crippen LogP contribution in [0.1, 0.15) is 18.1 Å². The van der Waals surface area contributed by atoms with Gasteiger partial charge in [0.1, 0.15) is 0 Å². The molecule has 0 aliphatic heterocycles. The molecule has 0 bridgehead atoms. The Morgan fingerprint density at radius 2 is 1.24 bits per heavy atom. The molecule has 2 aromatic rings. The number of aliphatic imine (C=N–C) groups is 2. The predicted octanol–water partition coefficient (Wildman–Crippen LogP) is 2.74. The number of benzene rings is 2. The molecule has 0 saturated heterocycles. The summed E-state index contributed by atoms with van der Waals surface area (Å²) in [7, 11) is 3.00. The van der Waals surface area contributed by atoms with Crippen molar-refractivity contribution < 1.29 is 46.7 Å². The molecule has 0 atom stereocenters. The Bertz CT molecular complexity index is 772. The summed E-state index contributed by atoms with van der Waals surface area (Å²) in [6.07, 6.45) is 3.16. The number of carboxylic acid groups (broad SMARTS) is 1. The Morgan fingerprint density at radius 1 is 0.897 bits per heavy atom. The fourth-order valence-electron chi connectivity index (χ4n) is 2.06. The van der Waals surface area contributed by atoms with Crippen molar-refractivity contribution in [3.05, 3.63) is 47.5 Å². The third-order valence-corrected chi connectivity index (χ3v) is 3.32. The van der Waals surface area contributed by atoms with Crippen molar-refractivity contribution in [1.29, 1.82) is 0 Å². The van der Waals surface area contributed by atoms with Crippen LogP contribution in [-0.4, -0.2) is 61.0 Å². The Labute approximate surface area is 180 Å². The van der Waals surface area contributed by atoms with E-state index in [-0.39, 0.29) is 28.6 Å². The van der Waals surface area contributed by atoms with E-state index in [1.807, 2.05) is 0 Å². The normalized spacial score (nSPS) is 10.2. The van der Waals surface area contributed by atoms with Crippen LogP contribution in [0, 0.1) is 0 Å². The number of hydrogen-bond acceptors (Lipinski definition) is 7. The number of para-hydroxylation sites is 2. The molecule has 0 unspecified atom stereocenters. The van der Waals surface area contributed by atoms with Crippen LogP contribution < -0.4 is 9.47 Å². The standard InChI is InChI=1S/C18H20N2O4.C2H4O2.Mn/c1-23-15-7-3-5-13(17(15)21)11-19-9-10-20-12-14-6-4-8-16(24-2)18(14)22;1-2(3)4;/h3-8,11-12,21-22H,9-10H2,1-2H3;1H3,(H,3,4);/q;;+2. The minimum absolute atomic E-state index is 0. The van der Waals surface area contributed by atoms with E-state index in [1.165, 1.54) is 14.2 Å². The topological polar surface area (TPSA) is 121 Å². The number of hydrogen-bond donors (Lipinski definition) is 3. The predicted molar refractivity (Wildman–Crippen MR) is 108 cm³/mol. The van der Waals surface area contributed by atoms with E-state index >= 15 is 0 Å². The maximum atomic E-state index is 9.93. The van der Waals surface area contributed by atoms with Crippen LogP contribution in [0.4, 0.5) is 0 Å². The molecule has 0 aliphatic rings. The first-order chi connectivity index (χ1) is 13.4. The molecule has 0 aromatic heterocycles. The van der Waals surface area contributed by atoms with Gasteiger partial charge in [0.2, 0.25) is 0 Å². The van der Waals surface area contributed by atoms with Crippen LogP contribution in [-0.2, 0) is 21.9 Å². The minimum atomic E-state index is -0.833. The van der Waals surface area contributed by atoms with E-state index < -0.39 is 5.97 Å². The summed E-state index contributed by atoms with van der Waals surface area (Å²) in [6, 6.07) is 10.4. The van der Waals surface area contributed by atoms with Gasteiger partial charge in [-0.15, -0.1) is 0 Å². The number of methoxy groups -OCH3 is 2. The summed E-state index contributed by atoms with van der Waals surface area (Å²) in [6.45, 7) is 2.00. The number of aliphatic carboxylic acids is 1. The molecule has 0 aliphatic carbocycles. The van der Waals surface area contributed by atoms with Crippen molar-refractivity contribution in [2.75, 3.05) is 27.3 Å². The number of aromatic hydroxyl groups is 2. The number of rotatable bonds is 7. The summed E-state index contributed by atoms with van der Waals surface area (Å²) in [4.78, 5) is 17.4. The average molecular weight is 443 g/mol. The first-order valence-electron chi connectivity index (χ1n) is 8.31. The maximum Gasteiger partial charge on any atom is 2.00 e. The van der Waals surface area contributed by atoms with E-state index in [2.05, 4.69) is 9.98 Å². The molecule has 0 amide bonds. The number of carbonyl (C=O) groups is 1. The van der Waals surface area contributed by atoms with E-state index in [4.69, 9.17) is 19.4 Å². The molecule has 0 fully saturated rings. The molecule has 0 heterocycles. The zero-order chi connectivity index (χ0) is 20.9. The molecule has 8 nitrogen and oxygen atoms in total. The zero-order valence-corrected chi connectivity index (χ0v) is 17.6. The molecule has 29 heavy (non-hydrogen) atoms. The zero-order valence-electron chi connectivity index (χ0n) is 16.4. The van der Waals surface area contributed by atoms with E-state index in [0.717, 1.165) is 6.92 Å². The third kappa shape index (κ3) is 9.14. The van der Waals surface area contributed by atoms with Gasteiger partial charge in [-0.1, -0.05) is 12.1 Å². The van der Waals surface area contributed by atoms with Crippen LogP contribution >= 0.6 is 0 Å². The number of phenolic OH excluding ortho intramolecular Hbond substituents is 2. The van der Waals surface area contributed by atoms with E-state index in [9.17, 15) is 10.2 Å². The van der Waals surface area contributed by atoms with Gasteiger partial charge >= 0.3 is 17.1 Å². The quantitative estimate of drug-likeness (QED) is 0.344. The fraction of sp³-hybridized carbons (Fsp3) is 0.250. The largest absolute Gasteiger partial charge is 2.00 e. The molecule has 0 saturated carbocycles. The van der Waals surface area contributed by atoms with Gasteiger partial charge in [-0.05, 0) is 24.3 Å². The van der Waals surface area contributed by atoms with Crippen LogP contribution in [0.5, 0.6) is 23.0 Å². The van der Waals surface area contributed by atoms with Crippen molar-refractivity contribution in [2.45, 2.75) is 6.92 Å². The Morgan fingerprint density at radius 3 is 1.55 bits per heavy atom. The van der Waals surface area contributed by atoms with Gasteiger partial charge in [0.25, 0.3) is 5.97 Å². The van der Waals surface area contributed by atoms with Crippen LogP contribution in [0.25, 0.3) is 0 Å². The molecule has 3 N–H and O–H groups in total. The van der Waals surface area contributed by atoms with Gasteiger partial charge in [-0.25, -0.2) is 0 Å². The van der Waals surface area contributed by atoms with E-state index in [1.54, 1.807) is 48.8 Å². The van der Waals surface area contributed by atoms with Crippen molar-refractivity contribution in [3.63, 3.8) is 0 Å². The Balaban J connectivity index is 0.00000143. The van der Waals surface area contributed by atoms with Crippen LogP contribution in [0.15, 0.2) is 46.4 Å². The molecule has 9 heteroatoms. The Kier molecular flexibility index (Phi) is 12.6. The molecule has 2 rings (SSSR count). The van der Waals surface area contributed by atoms with Crippen LogP contribution in [0.3, 0.4) is 0 Å². The average Bonchev–Trinajstić information content (AvgIpc) is 2.66. The maximum absolute atomic E-state index is 9.93. The summed E-state index contributed by atoms with van der Waals surface area (Å²) < 4.78 is 10.1. The molecule has 155 valence electrons. The van der Waals surface area contributed by atoms with Crippen molar-refractivity contribution >= 4 is 18.4 Å². The number of carboxylic acids is 1. The summed E-state index contributed by atoms with van der Waals surface area (Å²) in [5, 5.41) is 27.3. The second-order valence-corrected chi connectivity index (χ2v) is 5.39. The van der Waals surface area contributed by atoms with Crippen molar-refractivity contribution in [1.82, 2.24) is 0 Å². The molecule has 1 radical (unpaired) electrons. The first-order valence-corrected chi connectivity index (χ1v) is 8.31. The number of nitrogens with zero attached hydrogens (tertiary/aromatic N) is 2. The van der Waals surface area contributed by atoms with E-state index in [0.29, 0.717) is 35.7 Å². The van der Waals surface area contributed by atoms with Crippen molar-refractivity contribution in [2.24, 2.45) is 9.98 Å². The van der Waals surface area contributed by atoms with Crippen LogP contribution in [0.2, 0.25) is 0 Å². The van der Waals surface area contributed by atoms with Gasteiger partial charge in [0.05, 0.1) is 27.3 Å². The molecular formula is C20H24MnN2O6+2. The SMILES string of the molecule is CC(=O)O.COc1cccc(C=NCCN=Cc2cccc(OC)c2O)c1O.[Mn+2]. The molecule has 0 spiro atoms. The monoisotopic (exact) mass is 443 g/mol. The summed E-state index contributed by atoms with van der Waals surface area (Å²) in [5.74, 6) is 0.109. The second-order valence-electron chi connectivity index (χ2n) is 5.39. The van der Waals surface area contributed by atoms with Gasteiger partial charge in [0.15, 0.2) is 23.0 Å². The summed E-state index contributed by atoms with van der Waals surface area (Å²) >= 11 is 0. The number of ether oxygens (including phenoxy) is 2. The summed E-state index contributed by atoms with van der Waals surface area (Å²) in [5.41, 5.74) is 1.17. The molecule has 2 aromatic carbocycles. The first kappa shape index (κ1) is 26.0. The third-order valence-electron chi connectivity index (χ3n) is 3.32. The van der Waals surface area contributed by atoms with Gasteiger partial charge < -0.3 is 24.8 Å². The number of phenols is 2. The second kappa shape index (κ2) is 14.0.